The number of hydrogen-bond donors (Lipinski definition) is 1. The minimum atomic E-state index is 0.00210. The van der Waals surface area contributed by atoms with Crippen molar-refractivity contribution in [1.29, 1.82) is 0 Å². The van der Waals surface area contributed by atoms with Crippen molar-refractivity contribution in [1.82, 2.24) is 14.8 Å². The van der Waals surface area contributed by atoms with Crippen LogP contribution in [0.15, 0.2) is 23.4 Å². The van der Waals surface area contributed by atoms with E-state index in [9.17, 15) is 4.79 Å². The van der Waals surface area contributed by atoms with Crippen LogP contribution in [0.1, 0.15) is 49.3 Å². The molecular weight excluding hydrogens is 358 g/mol. The van der Waals surface area contributed by atoms with Crippen molar-refractivity contribution >= 4 is 29.3 Å². The maximum absolute atomic E-state index is 12.5. The predicted octanol–water partition coefficient (Wildman–Crippen LogP) is 3.95. The molecule has 1 N–H and O–H groups in total. The van der Waals surface area contributed by atoms with Crippen LogP contribution in [0.3, 0.4) is 0 Å². The molecule has 2 aromatic rings. The summed E-state index contributed by atoms with van der Waals surface area (Å²) in [6, 6.07) is 6.55. The zero-order valence-electron chi connectivity index (χ0n) is 16.1. The zero-order chi connectivity index (χ0) is 18.8. The monoisotopic (exact) mass is 385 g/mol. The van der Waals surface area contributed by atoms with Gasteiger partial charge in [0.2, 0.25) is 11.9 Å². The predicted molar refractivity (Wildman–Crippen MR) is 110 cm³/mol. The molecule has 7 heteroatoms. The Kier molecular flexibility index (Phi) is 5.38. The van der Waals surface area contributed by atoms with Gasteiger partial charge in [-0.3, -0.25) is 9.36 Å². The molecule has 1 aliphatic carbocycles. The molecule has 0 spiro atoms. The van der Waals surface area contributed by atoms with E-state index in [0.29, 0.717) is 11.8 Å². The molecule has 2 fully saturated rings. The minimum Gasteiger partial charge on any atom is -0.341 e. The molecule has 0 radical (unpaired) electrons. The van der Waals surface area contributed by atoms with E-state index in [1.165, 1.54) is 43.9 Å². The first-order valence-corrected chi connectivity index (χ1v) is 10.8. The number of carbonyl (C=O) groups excluding carboxylic acids is 1. The lowest BCUT2D eigenvalue weighted by atomic mass is 10.1. The van der Waals surface area contributed by atoms with Crippen molar-refractivity contribution in [2.24, 2.45) is 0 Å². The van der Waals surface area contributed by atoms with Gasteiger partial charge in [-0.2, -0.15) is 0 Å². The number of aryl methyl sites for hydroxylation is 2. The fourth-order valence-electron chi connectivity index (χ4n) is 3.65. The Labute approximate surface area is 164 Å². The molecule has 2 aliphatic rings. The van der Waals surface area contributed by atoms with Crippen LogP contribution >= 0.6 is 11.8 Å². The molecule has 2 heterocycles. The summed E-state index contributed by atoms with van der Waals surface area (Å²) in [5.74, 6) is 1.34. The Morgan fingerprint density at radius 2 is 1.85 bits per heavy atom. The van der Waals surface area contributed by atoms with Gasteiger partial charge in [0.25, 0.3) is 0 Å². The van der Waals surface area contributed by atoms with Gasteiger partial charge in [0.15, 0.2) is 5.16 Å². The lowest BCUT2D eigenvalue weighted by Crippen LogP contribution is -2.32. The van der Waals surface area contributed by atoms with Crippen molar-refractivity contribution < 1.29 is 4.79 Å². The number of anilines is 2. The molecule has 4 rings (SSSR count). The van der Waals surface area contributed by atoms with Crippen LogP contribution in [0, 0.1) is 13.8 Å². The van der Waals surface area contributed by atoms with Crippen molar-refractivity contribution in [3.63, 3.8) is 0 Å². The summed E-state index contributed by atoms with van der Waals surface area (Å²) in [5.41, 5.74) is 3.09. The van der Waals surface area contributed by atoms with Gasteiger partial charge in [0.05, 0.1) is 5.75 Å². The lowest BCUT2D eigenvalue weighted by Gasteiger charge is -2.27. The highest BCUT2D eigenvalue weighted by Crippen LogP contribution is 2.41. The summed E-state index contributed by atoms with van der Waals surface area (Å²) in [5, 5.41) is 12.8. The Morgan fingerprint density at radius 1 is 1.15 bits per heavy atom. The van der Waals surface area contributed by atoms with Crippen LogP contribution in [0.5, 0.6) is 0 Å². The third-order valence-corrected chi connectivity index (χ3v) is 6.22. The first-order chi connectivity index (χ1) is 13.1. The molecule has 6 nitrogen and oxygen atoms in total. The van der Waals surface area contributed by atoms with Crippen molar-refractivity contribution in [3.05, 3.63) is 29.3 Å². The molecule has 1 aromatic carbocycles. The average Bonchev–Trinajstić information content (AvgIpc) is 3.43. The van der Waals surface area contributed by atoms with E-state index in [2.05, 4.69) is 25.0 Å². The summed E-state index contributed by atoms with van der Waals surface area (Å²) in [6.07, 6.45) is 6.10. The number of piperidine rings is 1. The number of amides is 1. The molecule has 1 saturated heterocycles. The number of benzene rings is 1. The van der Waals surface area contributed by atoms with Gasteiger partial charge in [0, 0.05) is 24.8 Å². The summed E-state index contributed by atoms with van der Waals surface area (Å²) in [6.45, 7) is 6.15. The van der Waals surface area contributed by atoms with E-state index in [1.807, 2.05) is 32.0 Å². The van der Waals surface area contributed by atoms with Gasteiger partial charge >= 0.3 is 0 Å². The minimum absolute atomic E-state index is 0.00210. The number of rotatable bonds is 6. The van der Waals surface area contributed by atoms with Crippen LogP contribution in [-0.2, 0) is 4.79 Å². The summed E-state index contributed by atoms with van der Waals surface area (Å²) < 4.78 is 2.27. The molecule has 1 aliphatic heterocycles. The standard InChI is InChI=1S/C20H27N5OS/c1-14-7-6-8-15(2)18(14)21-17(26)13-27-20-23-22-19(25(20)16-9-10-16)24-11-4-3-5-12-24/h6-8,16H,3-5,9-13H2,1-2H3,(H,21,26). The SMILES string of the molecule is Cc1cccc(C)c1NC(=O)CSc1nnc(N2CCCCC2)n1C1CC1. The van der Waals surface area contributed by atoms with Gasteiger partial charge in [-0.1, -0.05) is 30.0 Å². The van der Waals surface area contributed by atoms with E-state index >= 15 is 0 Å². The largest absolute Gasteiger partial charge is 0.341 e. The Morgan fingerprint density at radius 3 is 2.52 bits per heavy atom. The second kappa shape index (κ2) is 7.92. The second-order valence-electron chi connectivity index (χ2n) is 7.54. The van der Waals surface area contributed by atoms with Crippen LogP contribution in [-0.4, -0.2) is 39.5 Å². The van der Waals surface area contributed by atoms with Gasteiger partial charge in [-0.15, -0.1) is 10.2 Å². The van der Waals surface area contributed by atoms with Gasteiger partial charge in [-0.25, -0.2) is 0 Å². The number of aromatic nitrogens is 3. The van der Waals surface area contributed by atoms with E-state index in [4.69, 9.17) is 0 Å². The van der Waals surface area contributed by atoms with E-state index in [1.54, 1.807) is 0 Å². The van der Waals surface area contributed by atoms with Gasteiger partial charge < -0.3 is 10.2 Å². The average molecular weight is 386 g/mol. The molecule has 0 bridgehead atoms. The topological polar surface area (TPSA) is 63.1 Å². The molecule has 1 saturated carbocycles. The Hall–Kier alpha value is -2.02. The lowest BCUT2D eigenvalue weighted by molar-refractivity contribution is -0.113. The van der Waals surface area contributed by atoms with E-state index < -0.39 is 0 Å². The van der Waals surface area contributed by atoms with Crippen LogP contribution in [0.2, 0.25) is 0 Å². The number of nitrogens with one attached hydrogen (secondary N) is 1. The second-order valence-corrected chi connectivity index (χ2v) is 8.48. The molecule has 1 amide bonds. The number of thioether (sulfide) groups is 1. The highest BCUT2D eigenvalue weighted by atomic mass is 32.2. The van der Waals surface area contributed by atoms with Gasteiger partial charge in [0.1, 0.15) is 0 Å². The molecule has 0 unspecified atom stereocenters. The summed E-state index contributed by atoms with van der Waals surface area (Å²) in [7, 11) is 0. The fraction of sp³-hybridized carbons (Fsp3) is 0.550. The first-order valence-electron chi connectivity index (χ1n) is 9.82. The van der Waals surface area contributed by atoms with Crippen LogP contribution < -0.4 is 10.2 Å². The maximum atomic E-state index is 12.5. The number of para-hydroxylation sites is 1. The third-order valence-electron chi connectivity index (χ3n) is 5.28. The van der Waals surface area contributed by atoms with E-state index in [-0.39, 0.29) is 5.91 Å². The normalized spacial score (nSPS) is 17.2. The Balaban J connectivity index is 1.43. The van der Waals surface area contributed by atoms with Gasteiger partial charge in [-0.05, 0) is 57.1 Å². The van der Waals surface area contributed by atoms with Crippen molar-refractivity contribution in [2.45, 2.75) is 57.1 Å². The van der Waals surface area contributed by atoms with Crippen molar-refractivity contribution in [2.75, 3.05) is 29.1 Å². The summed E-state index contributed by atoms with van der Waals surface area (Å²) >= 11 is 1.49. The van der Waals surface area contributed by atoms with Crippen LogP contribution in [0.25, 0.3) is 0 Å². The highest BCUT2D eigenvalue weighted by molar-refractivity contribution is 7.99. The van der Waals surface area contributed by atoms with E-state index in [0.717, 1.165) is 41.0 Å². The Bertz CT molecular complexity index is 804. The third kappa shape index (κ3) is 4.13. The highest BCUT2D eigenvalue weighted by Gasteiger charge is 2.32. The number of carbonyl (C=O) groups is 1. The smallest absolute Gasteiger partial charge is 0.234 e. The molecule has 0 atom stereocenters. The fourth-order valence-corrected chi connectivity index (χ4v) is 4.45. The number of nitrogens with zero attached hydrogens (tertiary/aromatic N) is 4. The first kappa shape index (κ1) is 18.3. The number of hydrogen-bond acceptors (Lipinski definition) is 5. The molecule has 1 aromatic heterocycles. The van der Waals surface area contributed by atoms with Crippen LogP contribution in [0.4, 0.5) is 11.6 Å². The molecule has 144 valence electrons. The maximum Gasteiger partial charge on any atom is 0.234 e. The quantitative estimate of drug-likeness (QED) is 0.763. The molecular formula is C20H27N5OS. The zero-order valence-corrected chi connectivity index (χ0v) is 16.9. The summed E-state index contributed by atoms with van der Waals surface area (Å²) in [4.78, 5) is 14.9. The van der Waals surface area contributed by atoms with Crippen molar-refractivity contribution in [3.8, 4) is 0 Å². The molecule has 27 heavy (non-hydrogen) atoms.